The molecule has 0 aliphatic heterocycles. The van der Waals surface area contributed by atoms with E-state index in [-0.39, 0.29) is 0 Å². The van der Waals surface area contributed by atoms with Gasteiger partial charge in [-0.1, -0.05) is 39.0 Å². The summed E-state index contributed by atoms with van der Waals surface area (Å²) in [4.78, 5) is 5.96. The normalized spacial score (nSPS) is 11.8. The van der Waals surface area contributed by atoms with Gasteiger partial charge in [0.1, 0.15) is 0 Å². The Bertz CT molecular complexity index is 499. The number of nitrogens with one attached hydrogen (secondary N) is 1. The quantitative estimate of drug-likeness (QED) is 0.793. The van der Waals surface area contributed by atoms with Crippen LogP contribution in [-0.2, 0) is 6.42 Å². The molecule has 1 aromatic heterocycles. The number of benzene rings is 1. The number of para-hydroxylation sites is 1. The average Bonchev–Trinajstić information content (AvgIpc) is 2.79. The van der Waals surface area contributed by atoms with Gasteiger partial charge in [0.15, 0.2) is 0 Å². The molecule has 0 saturated heterocycles. The maximum atomic E-state index is 3.37. The molecular weight excluding hydrogens is 232 g/mol. The lowest BCUT2D eigenvalue weighted by Crippen LogP contribution is -2.30. The minimum Gasteiger partial charge on any atom is -0.361 e. The minimum atomic E-state index is 0.745. The van der Waals surface area contributed by atoms with Crippen molar-refractivity contribution in [2.24, 2.45) is 5.92 Å². The molecule has 104 valence electrons. The molecule has 19 heavy (non-hydrogen) atoms. The predicted molar refractivity (Wildman–Crippen MR) is 83.6 cm³/mol. The number of H-pyrrole nitrogens is 1. The summed E-state index contributed by atoms with van der Waals surface area (Å²) in [6.07, 6.45) is 4.54. The van der Waals surface area contributed by atoms with Crippen LogP contribution in [0.1, 0.15) is 32.8 Å². The van der Waals surface area contributed by atoms with Crippen LogP contribution in [0.25, 0.3) is 10.9 Å². The Morgan fingerprint density at radius 2 is 1.95 bits per heavy atom. The summed E-state index contributed by atoms with van der Waals surface area (Å²) < 4.78 is 0. The highest BCUT2D eigenvalue weighted by Gasteiger charge is 2.08. The lowest BCUT2D eigenvalue weighted by Gasteiger charge is -2.23. The molecule has 2 nitrogen and oxygen atoms in total. The number of hydrogen-bond acceptors (Lipinski definition) is 1. The Morgan fingerprint density at radius 1 is 1.16 bits per heavy atom. The molecule has 0 amide bonds. The molecule has 0 atom stereocenters. The third-order valence-corrected chi connectivity index (χ3v) is 3.54. The van der Waals surface area contributed by atoms with Crippen LogP contribution < -0.4 is 0 Å². The van der Waals surface area contributed by atoms with Crippen LogP contribution in [0.15, 0.2) is 30.5 Å². The van der Waals surface area contributed by atoms with E-state index in [4.69, 9.17) is 0 Å². The Kier molecular flexibility index (Phi) is 5.03. The molecule has 0 saturated carbocycles. The Morgan fingerprint density at radius 3 is 2.68 bits per heavy atom. The van der Waals surface area contributed by atoms with E-state index >= 15 is 0 Å². The number of nitrogens with zero attached hydrogens (tertiary/aromatic N) is 1. The van der Waals surface area contributed by atoms with Crippen LogP contribution in [0, 0.1) is 5.92 Å². The van der Waals surface area contributed by atoms with Crippen molar-refractivity contribution in [2.75, 3.05) is 19.6 Å². The van der Waals surface area contributed by atoms with Crippen LogP contribution in [0.4, 0.5) is 0 Å². The molecule has 0 fully saturated rings. The fourth-order valence-corrected chi connectivity index (χ4v) is 2.74. The fourth-order valence-electron chi connectivity index (χ4n) is 2.74. The molecule has 1 heterocycles. The van der Waals surface area contributed by atoms with Crippen molar-refractivity contribution >= 4 is 10.9 Å². The number of rotatable bonds is 7. The van der Waals surface area contributed by atoms with Gasteiger partial charge in [0.05, 0.1) is 0 Å². The first kappa shape index (κ1) is 14.1. The number of aromatic amines is 1. The average molecular weight is 258 g/mol. The monoisotopic (exact) mass is 258 g/mol. The van der Waals surface area contributed by atoms with Crippen molar-refractivity contribution in [2.45, 2.75) is 33.6 Å². The lowest BCUT2D eigenvalue weighted by molar-refractivity contribution is 0.247. The maximum absolute atomic E-state index is 3.37. The van der Waals surface area contributed by atoms with Crippen LogP contribution >= 0.6 is 0 Å². The zero-order chi connectivity index (χ0) is 13.7. The smallest absolute Gasteiger partial charge is 0.0456 e. The van der Waals surface area contributed by atoms with Gasteiger partial charge in [-0.2, -0.15) is 0 Å². The van der Waals surface area contributed by atoms with Crippen LogP contribution in [0.5, 0.6) is 0 Å². The Balaban J connectivity index is 2.00. The summed E-state index contributed by atoms with van der Waals surface area (Å²) in [5.74, 6) is 0.745. The zero-order valence-electron chi connectivity index (χ0n) is 12.4. The zero-order valence-corrected chi connectivity index (χ0v) is 12.4. The number of fused-ring (bicyclic) bond motifs is 1. The standard InChI is InChI=1S/C17H26N2/c1-4-10-19(13-14(2)3)11-9-15-12-18-17-8-6-5-7-16(15)17/h5-8,12,14,18H,4,9-11,13H2,1-3H3. The van der Waals surface area contributed by atoms with E-state index in [1.807, 2.05) is 0 Å². The highest BCUT2D eigenvalue weighted by atomic mass is 15.1. The van der Waals surface area contributed by atoms with Crippen LogP contribution in [0.3, 0.4) is 0 Å². The van der Waals surface area contributed by atoms with Crippen molar-refractivity contribution in [1.82, 2.24) is 9.88 Å². The van der Waals surface area contributed by atoms with Gasteiger partial charge >= 0.3 is 0 Å². The summed E-state index contributed by atoms with van der Waals surface area (Å²) >= 11 is 0. The first-order chi connectivity index (χ1) is 9.20. The SMILES string of the molecule is CCCN(CCc1c[nH]c2ccccc12)CC(C)C. The second-order valence-electron chi connectivity index (χ2n) is 5.80. The van der Waals surface area contributed by atoms with Gasteiger partial charge in [-0.25, -0.2) is 0 Å². The summed E-state index contributed by atoms with van der Waals surface area (Å²) in [5, 5.41) is 1.38. The van der Waals surface area contributed by atoms with Gasteiger partial charge in [-0.3, -0.25) is 0 Å². The summed E-state index contributed by atoms with van der Waals surface area (Å²) in [7, 11) is 0. The molecule has 0 spiro atoms. The third-order valence-electron chi connectivity index (χ3n) is 3.54. The van der Waals surface area contributed by atoms with E-state index in [0.717, 1.165) is 18.9 Å². The molecule has 0 aliphatic carbocycles. The van der Waals surface area contributed by atoms with Gasteiger partial charge in [0.25, 0.3) is 0 Å². The van der Waals surface area contributed by atoms with Crippen molar-refractivity contribution in [3.8, 4) is 0 Å². The summed E-state index contributed by atoms with van der Waals surface area (Å²) in [6.45, 7) is 10.4. The van der Waals surface area contributed by atoms with E-state index < -0.39 is 0 Å². The molecule has 0 bridgehead atoms. The van der Waals surface area contributed by atoms with E-state index in [2.05, 4.69) is 61.1 Å². The van der Waals surface area contributed by atoms with Crippen molar-refractivity contribution in [3.05, 3.63) is 36.0 Å². The predicted octanol–water partition coefficient (Wildman–Crippen LogP) is 4.08. The second kappa shape index (κ2) is 6.76. The summed E-state index contributed by atoms with van der Waals surface area (Å²) in [5.41, 5.74) is 2.70. The second-order valence-corrected chi connectivity index (χ2v) is 5.80. The fraction of sp³-hybridized carbons (Fsp3) is 0.529. The van der Waals surface area contributed by atoms with E-state index in [0.29, 0.717) is 0 Å². The van der Waals surface area contributed by atoms with Gasteiger partial charge in [-0.05, 0) is 36.9 Å². The molecule has 1 aromatic carbocycles. The molecule has 1 N–H and O–H groups in total. The third kappa shape index (κ3) is 3.84. The van der Waals surface area contributed by atoms with Gasteiger partial charge in [-0.15, -0.1) is 0 Å². The minimum absolute atomic E-state index is 0.745. The first-order valence-corrected chi connectivity index (χ1v) is 7.48. The largest absolute Gasteiger partial charge is 0.361 e. The van der Waals surface area contributed by atoms with Crippen LogP contribution in [0.2, 0.25) is 0 Å². The molecular formula is C17H26N2. The van der Waals surface area contributed by atoms with Crippen molar-refractivity contribution in [3.63, 3.8) is 0 Å². The molecule has 2 heteroatoms. The first-order valence-electron chi connectivity index (χ1n) is 7.48. The highest BCUT2D eigenvalue weighted by Crippen LogP contribution is 2.18. The lowest BCUT2D eigenvalue weighted by atomic mass is 10.1. The van der Waals surface area contributed by atoms with E-state index in [1.54, 1.807) is 0 Å². The maximum Gasteiger partial charge on any atom is 0.0456 e. The number of aromatic nitrogens is 1. The van der Waals surface area contributed by atoms with Crippen molar-refractivity contribution < 1.29 is 0 Å². The molecule has 2 rings (SSSR count). The van der Waals surface area contributed by atoms with Crippen LogP contribution in [-0.4, -0.2) is 29.5 Å². The van der Waals surface area contributed by atoms with E-state index in [1.165, 1.54) is 36.0 Å². The van der Waals surface area contributed by atoms with Gasteiger partial charge < -0.3 is 9.88 Å². The van der Waals surface area contributed by atoms with Crippen molar-refractivity contribution in [1.29, 1.82) is 0 Å². The molecule has 0 radical (unpaired) electrons. The van der Waals surface area contributed by atoms with Gasteiger partial charge in [0.2, 0.25) is 0 Å². The molecule has 0 unspecified atom stereocenters. The highest BCUT2D eigenvalue weighted by molar-refractivity contribution is 5.83. The molecule has 0 aliphatic rings. The summed E-state index contributed by atoms with van der Waals surface area (Å²) in [6, 6.07) is 8.58. The Hall–Kier alpha value is -1.28. The number of hydrogen-bond donors (Lipinski definition) is 1. The molecule has 2 aromatic rings. The Labute approximate surface area is 116 Å². The topological polar surface area (TPSA) is 19.0 Å². The van der Waals surface area contributed by atoms with E-state index in [9.17, 15) is 0 Å². The van der Waals surface area contributed by atoms with Gasteiger partial charge in [0, 0.05) is 30.2 Å².